The molecular weight excluding hydrogens is 191 g/mol. The third-order valence-electron chi connectivity index (χ3n) is 1.77. The summed E-state index contributed by atoms with van der Waals surface area (Å²) >= 11 is 0. The van der Waals surface area contributed by atoms with E-state index in [2.05, 4.69) is 0 Å². The van der Waals surface area contributed by atoms with Crippen molar-refractivity contribution >= 4 is 5.69 Å². The third-order valence-corrected chi connectivity index (χ3v) is 1.77. The molecule has 0 bridgehead atoms. The normalized spacial score (nSPS) is 9.93. The zero-order chi connectivity index (χ0) is 10.7. The van der Waals surface area contributed by atoms with Crippen LogP contribution in [0.5, 0.6) is 5.75 Å². The van der Waals surface area contributed by atoms with E-state index < -0.39 is 16.4 Å². The maximum atomic E-state index is 13.0. The highest BCUT2D eigenvalue weighted by atomic mass is 19.1. The number of benzene rings is 1. The fraction of sp³-hybridized carbons (Fsp3) is 0.250. The molecule has 0 aliphatic rings. The zero-order valence-electron chi connectivity index (χ0n) is 7.49. The highest BCUT2D eigenvalue weighted by Crippen LogP contribution is 2.26. The molecule has 0 saturated carbocycles. The summed E-state index contributed by atoms with van der Waals surface area (Å²) in [6.07, 6.45) is 0. The van der Waals surface area contributed by atoms with E-state index in [1.165, 1.54) is 7.11 Å². The minimum atomic E-state index is -0.927. The van der Waals surface area contributed by atoms with Crippen molar-refractivity contribution in [1.82, 2.24) is 0 Å². The summed E-state index contributed by atoms with van der Waals surface area (Å²) in [4.78, 5) is 9.58. The highest BCUT2D eigenvalue weighted by molar-refractivity contribution is 5.45. The molecule has 0 unspecified atom stereocenters. The first-order valence-electron chi connectivity index (χ1n) is 3.81. The molecule has 0 heterocycles. The third kappa shape index (κ3) is 1.80. The van der Waals surface area contributed by atoms with Gasteiger partial charge in [0.25, 0.3) is 0 Å². The highest BCUT2D eigenvalue weighted by Gasteiger charge is 2.17. The number of nitrogens with zero attached hydrogens (tertiary/aromatic N) is 1. The van der Waals surface area contributed by atoms with Gasteiger partial charge in [0, 0.05) is 24.2 Å². The Bertz CT molecular complexity index is 368. The van der Waals surface area contributed by atoms with E-state index in [1.54, 1.807) is 0 Å². The van der Waals surface area contributed by atoms with Gasteiger partial charge in [0.05, 0.1) is 12.0 Å². The van der Waals surface area contributed by atoms with Gasteiger partial charge in [-0.05, 0) is 0 Å². The molecule has 76 valence electrons. The molecular formula is C8H9FN2O3. The molecule has 14 heavy (non-hydrogen) atoms. The van der Waals surface area contributed by atoms with Crippen molar-refractivity contribution < 1.29 is 14.1 Å². The fourth-order valence-corrected chi connectivity index (χ4v) is 1.08. The monoisotopic (exact) mass is 200 g/mol. The lowest BCUT2D eigenvalue weighted by Crippen LogP contribution is -2.03. The van der Waals surface area contributed by atoms with Crippen molar-refractivity contribution in [2.24, 2.45) is 5.73 Å². The summed E-state index contributed by atoms with van der Waals surface area (Å²) in [5.74, 6) is -0.709. The van der Waals surface area contributed by atoms with Crippen LogP contribution in [0.25, 0.3) is 0 Å². The Labute approximate surface area is 79.4 Å². The first-order valence-corrected chi connectivity index (χ1v) is 3.81. The second kappa shape index (κ2) is 4.01. The van der Waals surface area contributed by atoms with E-state index in [9.17, 15) is 14.5 Å². The molecule has 0 atom stereocenters. The predicted octanol–water partition coefficient (Wildman–Crippen LogP) is 1.20. The van der Waals surface area contributed by atoms with Gasteiger partial charge in [0.15, 0.2) is 0 Å². The van der Waals surface area contributed by atoms with Gasteiger partial charge in [0.2, 0.25) is 5.82 Å². The predicted molar refractivity (Wildman–Crippen MR) is 47.5 cm³/mol. The fourth-order valence-electron chi connectivity index (χ4n) is 1.08. The van der Waals surface area contributed by atoms with Crippen LogP contribution in [0.15, 0.2) is 12.1 Å². The van der Waals surface area contributed by atoms with Crippen LogP contribution >= 0.6 is 0 Å². The van der Waals surface area contributed by atoms with Gasteiger partial charge in [-0.3, -0.25) is 10.1 Å². The number of halogens is 1. The smallest absolute Gasteiger partial charge is 0.305 e. The van der Waals surface area contributed by atoms with E-state index in [0.29, 0.717) is 5.56 Å². The van der Waals surface area contributed by atoms with Crippen molar-refractivity contribution in [1.29, 1.82) is 0 Å². The van der Waals surface area contributed by atoms with E-state index in [1.807, 2.05) is 0 Å². The maximum absolute atomic E-state index is 13.0. The first kappa shape index (κ1) is 10.4. The number of hydrogen-bond donors (Lipinski definition) is 1. The Morgan fingerprint density at radius 3 is 2.71 bits per heavy atom. The van der Waals surface area contributed by atoms with Gasteiger partial charge in [-0.1, -0.05) is 0 Å². The summed E-state index contributed by atoms with van der Waals surface area (Å²) < 4.78 is 17.9. The second-order valence-corrected chi connectivity index (χ2v) is 2.58. The molecule has 0 spiro atoms. The number of rotatable bonds is 3. The van der Waals surface area contributed by atoms with Crippen LogP contribution in [0.2, 0.25) is 0 Å². The van der Waals surface area contributed by atoms with E-state index in [4.69, 9.17) is 10.5 Å². The Balaban J connectivity index is 3.30. The molecule has 1 aromatic rings. The lowest BCUT2D eigenvalue weighted by Gasteiger charge is -2.06. The Hall–Kier alpha value is -1.69. The maximum Gasteiger partial charge on any atom is 0.305 e. The molecule has 0 aliphatic carbocycles. The minimum absolute atomic E-state index is 0.0598. The van der Waals surface area contributed by atoms with Crippen molar-refractivity contribution in [2.45, 2.75) is 6.54 Å². The van der Waals surface area contributed by atoms with Crippen LogP contribution in [-0.4, -0.2) is 12.0 Å². The molecule has 6 heteroatoms. The Kier molecular flexibility index (Phi) is 2.98. The van der Waals surface area contributed by atoms with Gasteiger partial charge in [-0.15, -0.1) is 0 Å². The van der Waals surface area contributed by atoms with Crippen LogP contribution in [0.1, 0.15) is 5.56 Å². The van der Waals surface area contributed by atoms with Crippen LogP contribution < -0.4 is 10.5 Å². The molecule has 5 nitrogen and oxygen atoms in total. The molecule has 0 radical (unpaired) electrons. The van der Waals surface area contributed by atoms with Gasteiger partial charge >= 0.3 is 5.69 Å². The molecule has 0 amide bonds. The average Bonchev–Trinajstić information content (AvgIpc) is 2.16. The Morgan fingerprint density at radius 2 is 2.29 bits per heavy atom. The van der Waals surface area contributed by atoms with E-state index >= 15 is 0 Å². The SMILES string of the molecule is COc1cc(F)c([N+](=O)[O-])cc1CN. The number of nitro groups is 1. The number of nitro benzene ring substituents is 1. The molecule has 1 rings (SSSR count). The van der Waals surface area contributed by atoms with Gasteiger partial charge in [0.1, 0.15) is 5.75 Å². The van der Waals surface area contributed by atoms with Gasteiger partial charge in [-0.25, -0.2) is 0 Å². The van der Waals surface area contributed by atoms with Crippen LogP contribution in [0.4, 0.5) is 10.1 Å². The van der Waals surface area contributed by atoms with Crippen molar-refractivity contribution in [2.75, 3.05) is 7.11 Å². The van der Waals surface area contributed by atoms with Crippen molar-refractivity contribution in [3.05, 3.63) is 33.6 Å². The summed E-state index contributed by atoms with van der Waals surface area (Å²) in [6, 6.07) is 2.04. The topological polar surface area (TPSA) is 78.4 Å². The summed E-state index contributed by atoms with van der Waals surface area (Å²) in [7, 11) is 1.35. The minimum Gasteiger partial charge on any atom is -0.496 e. The summed E-state index contributed by atoms with van der Waals surface area (Å²) in [5, 5.41) is 10.4. The summed E-state index contributed by atoms with van der Waals surface area (Å²) in [6.45, 7) is 0.0598. The molecule has 1 aromatic carbocycles. The lowest BCUT2D eigenvalue weighted by atomic mass is 10.1. The number of methoxy groups -OCH3 is 1. The first-order chi connectivity index (χ1) is 6.60. The largest absolute Gasteiger partial charge is 0.496 e. The molecule has 2 N–H and O–H groups in total. The number of nitrogens with two attached hydrogens (primary N) is 1. The van der Waals surface area contributed by atoms with Crippen LogP contribution in [0, 0.1) is 15.9 Å². The Morgan fingerprint density at radius 1 is 1.64 bits per heavy atom. The molecule has 0 fully saturated rings. The quantitative estimate of drug-likeness (QED) is 0.587. The molecule has 0 aliphatic heterocycles. The van der Waals surface area contributed by atoms with E-state index in [0.717, 1.165) is 12.1 Å². The standard InChI is InChI=1S/C8H9FN2O3/c1-14-8-3-6(9)7(11(12)13)2-5(8)4-10/h2-3H,4,10H2,1H3. The van der Waals surface area contributed by atoms with Gasteiger partial charge in [-0.2, -0.15) is 4.39 Å². The number of hydrogen-bond acceptors (Lipinski definition) is 4. The molecule has 0 saturated heterocycles. The number of ether oxygens (including phenoxy) is 1. The average molecular weight is 200 g/mol. The van der Waals surface area contributed by atoms with Crippen molar-refractivity contribution in [3.63, 3.8) is 0 Å². The van der Waals surface area contributed by atoms with E-state index in [-0.39, 0.29) is 12.3 Å². The van der Waals surface area contributed by atoms with Crippen LogP contribution in [0.3, 0.4) is 0 Å². The second-order valence-electron chi connectivity index (χ2n) is 2.58. The lowest BCUT2D eigenvalue weighted by molar-refractivity contribution is -0.387. The van der Waals surface area contributed by atoms with Crippen LogP contribution in [-0.2, 0) is 6.54 Å². The van der Waals surface area contributed by atoms with Gasteiger partial charge < -0.3 is 10.5 Å². The summed E-state index contributed by atoms with van der Waals surface area (Å²) in [5.41, 5.74) is 5.13. The van der Waals surface area contributed by atoms with Crippen molar-refractivity contribution in [3.8, 4) is 5.75 Å². The zero-order valence-corrected chi connectivity index (χ0v) is 7.49. The molecule has 0 aromatic heterocycles.